The Balaban J connectivity index is 1.87. The average Bonchev–Trinajstić information content (AvgIpc) is 3.13. The van der Waals surface area contributed by atoms with Gasteiger partial charge in [0.1, 0.15) is 0 Å². The highest BCUT2D eigenvalue weighted by Crippen LogP contribution is 2.55. The smallest absolute Gasteiger partial charge is 0.137 e. The predicted molar refractivity (Wildman–Crippen MR) is 68.6 cm³/mol. The summed E-state index contributed by atoms with van der Waals surface area (Å²) in [6, 6.07) is 12.3. The first-order valence-electron chi connectivity index (χ1n) is 5.49. The average molecular weight is 265 g/mol. The number of rotatable bonds is 2. The van der Waals surface area contributed by atoms with Crippen LogP contribution < -0.4 is 0 Å². The van der Waals surface area contributed by atoms with Crippen molar-refractivity contribution in [3.8, 4) is 0 Å². The molecular weight excluding hydrogens is 255 g/mol. The van der Waals surface area contributed by atoms with E-state index in [4.69, 9.17) is 23.2 Å². The highest BCUT2D eigenvalue weighted by molar-refractivity contribution is 6.31. The van der Waals surface area contributed by atoms with Gasteiger partial charge in [0.05, 0.1) is 0 Å². The van der Waals surface area contributed by atoms with Crippen molar-refractivity contribution in [1.29, 1.82) is 0 Å². The van der Waals surface area contributed by atoms with Crippen LogP contribution in [0.15, 0.2) is 36.4 Å². The Kier molecular flexibility index (Phi) is 2.77. The molecule has 1 aromatic carbocycles. The number of halogens is 2. The summed E-state index contributed by atoms with van der Waals surface area (Å²) in [5, 5.41) is 8.46. The molecule has 86 valence electrons. The summed E-state index contributed by atoms with van der Waals surface area (Å²) in [4.78, 5) is 0. The monoisotopic (exact) mass is 264 g/mol. The predicted octanol–water partition coefficient (Wildman–Crippen LogP) is 4.05. The highest BCUT2D eigenvalue weighted by Gasteiger charge is 2.41. The molecule has 1 fully saturated rings. The van der Waals surface area contributed by atoms with Gasteiger partial charge in [-0.05, 0) is 35.4 Å². The molecule has 0 N–H and O–H groups in total. The van der Waals surface area contributed by atoms with Gasteiger partial charge < -0.3 is 0 Å². The van der Waals surface area contributed by atoms with Gasteiger partial charge in [0.2, 0.25) is 0 Å². The van der Waals surface area contributed by atoms with Crippen LogP contribution in [0.3, 0.4) is 0 Å². The van der Waals surface area contributed by atoms with Gasteiger partial charge in [-0.2, -0.15) is 0 Å². The van der Waals surface area contributed by atoms with Crippen molar-refractivity contribution in [3.63, 3.8) is 0 Å². The molecule has 0 saturated heterocycles. The standard InChI is InChI=1S/C13H10Cl2N2/c14-12-7-11(13(15)17-16-12)10-6-9(10)8-4-2-1-3-5-8/h1-5,7,9-10H,6H2. The third-order valence-electron chi connectivity index (χ3n) is 3.16. The van der Waals surface area contributed by atoms with Crippen LogP contribution in [0.4, 0.5) is 0 Å². The summed E-state index contributed by atoms with van der Waals surface area (Å²) in [6.45, 7) is 0. The molecule has 1 heterocycles. The second kappa shape index (κ2) is 4.28. The largest absolute Gasteiger partial charge is 0.155 e. The quantitative estimate of drug-likeness (QED) is 0.818. The Hall–Kier alpha value is -1.12. The lowest BCUT2D eigenvalue weighted by Gasteiger charge is -2.03. The van der Waals surface area contributed by atoms with Crippen LogP contribution >= 0.6 is 23.2 Å². The molecule has 0 radical (unpaired) electrons. The lowest BCUT2D eigenvalue weighted by molar-refractivity contribution is 0.955. The van der Waals surface area contributed by atoms with Crippen LogP contribution in [0.2, 0.25) is 10.3 Å². The molecular formula is C13H10Cl2N2. The first-order valence-corrected chi connectivity index (χ1v) is 6.25. The molecule has 17 heavy (non-hydrogen) atoms. The van der Waals surface area contributed by atoms with E-state index in [2.05, 4.69) is 34.5 Å². The van der Waals surface area contributed by atoms with Gasteiger partial charge in [0.25, 0.3) is 0 Å². The van der Waals surface area contributed by atoms with Crippen molar-refractivity contribution in [2.24, 2.45) is 0 Å². The fourth-order valence-corrected chi connectivity index (χ4v) is 2.62. The molecule has 0 aliphatic heterocycles. The van der Waals surface area contributed by atoms with E-state index < -0.39 is 0 Å². The van der Waals surface area contributed by atoms with Gasteiger partial charge in [0, 0.05) is 0 Å². The van der Waals surface area contributed by atoms with E-state index in [0.717, 1.165) is 12.0 Å². The summed E-state index contributed by atoms with van der Waals surface area (Å²) in [5.74, 6) is 0.965. The molecule has 1 saturated carbocycles. The van der Waals surface area contributed by atoms with E-state index >= 15 is 0 Å². The molecule has 2 aromatic rings. The molecule has 0 amide bonds. The lowest BCUT2D eigenvalue weighted by atomic mass is 10.1. The Morgan fingerprint density at radius 2 is 1.76 bits per heavy atom. The van der Waals surface area contributed by atoms with Crippen LogP contribution in [0.5, 0.6) is 0 Å². The van der Waals surface area contributed by atoms with E-state index in [-0.39, 0.29) is 0 Å². The third kappa shape index (κ3) is 2.15. The van der Waals surface area contributed by atoms with Crippen molar-refractivity contribution in [2.75, 3.05) is 0 Å². The van der Waals surface area contributed by atoms with Gasteiger partial charge in [-0.1, -0.05) is 53.5 Å². The normalized spacial score (nSPS) is 22.5. The van der Waals surface area contributed by atoms with E-state index in [1.165, 1.54) is 5.56 Å². The topological polar surface area (TPSA) is 25.8 Å². The van der Waals surface area contributed by atoms with Crippen LogP contribution in [-0.4, -0.2) is 10.2 Å². The fourth-order valence-electron chi connectivity index (χ4n) is 2.23. The van der Waals surface area contributed by atoms with E-state index in [0.29, 0.717) is 22.1 Å². The highest BCUT2D eigenvalue weighted by atomic mass is 35.5. The molecule has 4 heteroatoms. The van der Waals surface area contributed by atoms with Crippen LogP contribution in [0, 0.1) is 0 Å². The second-order valence-electron chi connectivity index (χ2n) is 4.27. The number of aromatic nitrogens is 2. The summed E-state index contributed by atoms with van der Waals surface area (Å²) in [7, 11) is 0. The minimum Gasteiger partial charge on any atom is -0.137 e. The van der Waals surface area contributed by atoms with E-state index in [1.807, 2.05) is 12.1 Å². The minimum absolute atomic E-state index is 0.406. The van der Waals surface area contributed by atoms with E-state index in [1.54, 1.807) is 0 Å². The number of hydrogen-bond acceptors (Lipinski definition) is 2. The molecule has 2 atom stereocenters. The van der Waals surface area contributed by atoms with E-state index in [9.17, 15) is 0 Å². The van der Waals surface area contributed by atoms with Gasteiger partial charge in [-0.3, -0.25) is 0 Å². The van der Waals surface area contributed by atoms with Crippen molar-refractivity contribution in [2.45, 2.75) is 18.3 Å². The molecule has 1 aliphatic rings. The maximum Gasteiger partial charge on any atom is 0.155 e. The zero-order valence-corrected chi connectivity index (χ0v) is 10.5. The second-order valence-corrected chi connectivity index (χ2v) is 5.02. The lowest BCUT2D eigenvalue weighted by Crippen LogP contribution is -1.91. The first kappa shape index (κ1) is 11.0. The number of nitrogens with zero attached hydrogens (tertiary/aromatic N) is 2. The zero-order valence-electron chi connectivity index (χ0n) is 8.98. The number of hydrogen-bond donors (Lipinski definition) is 0. The Morgan fingerprint density at radius 1 is 1.00 bits per heavy atom. The molecule has 3 rings (SSSR count). The Morgan fingerprint density at radius 3 is 2.53 bits per heavy atom. The van der Waals surface area contributed by atoms with Gasteiger partial charge >= 0.3 is 0 Å². The van der Waals surface area contributed by atoms with Crippen LogP contribution in [-0.2, 0) is 0 Å². The van der Waals surface area contributed by atoms with Crippen molar-refractivity contribution in [3.05, 3.63) is 57.8 Å². The van der Waals surface area contributed by atoms with Crippen LogP contribution in [0.1, 0.15) is 29.4 Å². The minimum atomic E-state index is 0.406. The molecule has 1 aromatic heterocycles. The first-order chi connectivity index (χ1) is 8.25. The zero-order chi connectivity index (χ0) is 11.8. The molecule has 1 aliphatic carbocycles. The van der Waals surface area contributed by atoms with Crippen LogP contribution in [0.25, 0.3) is 0 Å². The summed E-state index contributed by atoms with van der Waals surface area (Å²) in [6.07, 6.45) is 1.10. The maximum absolute atomic E-state index is 6.05. The van der Waals surface area contributed by atoms with Gasteiger partial charge in [-0.25, -0.2) is 0 Å². The number of benzene rings is 1. The fraction of sp³-hybridized carbons (Fsp3) is 0.231. The SMILES string of the molecule is Clc1cc(C2CC2c2ccccc2)c(Cl)nn1. The molecule has 0 spiro atoms. The third-order valence-corrected chi connectivity index (χ3v) is 3.64. The Bertz CT molecular complexity index is 542. The van der Waals surface area contributed by atoms with Crippen molar-refractivity contribution >= 4 is 23.2 Å². The van der Waals surface area contributed by atoms with Crippen molar-refractivity contribution < 1.29 is 0 Å². The summed E-state index contributed by atoms with van der Waals surface area (Å²) < 4.78 is 0. The molecule has 0 bridgehead atoms. The van der Waals surface area contributed by atoms with Gasteiger partial charge in [-0.15, -0.1) is 10.2 Å². The molecule has 2 unspecified atom stereocenters. The molecule has 2 nitrogen and oxygen atoms in total. The van der Waals surface area contributed by atoms with Crippen molar-refractivity contribution in [1.82, 2.24) is 10.2 Å². The van der Waals surface area contributed by atoms with Gasteiger partial charge in [0.15, 0.2) is 10.3 Å². The maximum atomic E-state index is 6.05. The Labute approximate surface area is 110 Å². The summed E-state index contributed by atoms with van der Waals surface area (Å²) in [5.41, 5.74) is 2.36. The summed E-state index contributed by atoms with van der Waals surface area (Å²) >= 11 is 11.9.